The van der Waals surface area contributed by atoms with Crippen molar-refractivity contribution in [3.63, 3.8) is 0 Å². The summed E-state index contributed by atoms with van der Waals surface area (Å²) in [4.78, 5) is 39.7. The van der Waals surface area contributed by atoms with Crippen molar-refractivity contribution in [2.45, 2.75) is 46.6 Å². The lowest BCUT2D eigenvalue weighted by Gasteiger charge is -2.38. The maximum Gasteiger partial charge on any atom is 0.228 e. The summed E-state index contributed by atoms with van der Waals surface area (Å²) < 4.78 is 20.7. The molecule has 2 aromatic rings. The molecular weight excluding hydrogens is 569 g/mol. The smallest absolute Gasteiger partial charge is 0.228 e. The van der Waals surface area contributed by atoms with Gasteiger partial charge in [-0.15, -0.1) is 0 Å². The molecular formula is C33H47ClFN5O3. The molecule has 2 amide bonds. The highest BCUT2D eigenvalue weighted by molar-refractivity contribution is 6.30. The van der Waals surface area contributed by atoms with Crippen LogP contribution in [-0.4, -0.2) is 98.0 Å². The number of amides is 2. The Morgan fingerprint density at radius 3 is 2.30 bits per heavy atom. The van der Waals surface area contributed by atoms with Crippen LogP contribution < -0.4 is 4.90 Å². The van der Waals surface area contributed by atoms with E-state index in [4.69, 9.17) is 16.3 Å². The van der Waals surface area contributed by atoms with E-state index in [1.807, 2.05) is 68.9 Å². The van der Waals surface area contributed by atoms with E-state index >= 15 is 0 Å². The number of likely N-dealkylation sites (N-methyl/N-ethyl adjacent to an activating group) is 1. The molecule has 3 unspecified atom stereocenters. The van der Waals surface area contributed by atoms with Crippen LogP contribution in [-0.2, 0) is 14.3 Å². The summed E-state index contributed by atoms with van der Waals surface area (Å²) in [6.07, 6.45) is 0.951. The van der Waals surface area contributed by atoms with Gasteiger partial charge < -0.3 is 24.3 Å². The van der Waals surface area contributed by atoms with Gasteiger partial charge in [-0.05, 0) is 43.8 Å². The van der Waals surface area contributed by atoms with Gasteiger partial charge in [0.05, 0.1) is 24.8 Å². The van der Waals surface area contributed by atoms with Crippen LogP contribution in [0.2, 0.25) is 5.02 Å². The number of anilines is 1. The third-order valence-electron chi connectivity index (χ3n) is 8.36. The molecule has 0 spiro atoms. The molecule has 43 heavy (non-hydrogen) atoms. The number of likely N-dealkylation sites (tertiary alicyclic amines) is 1. The first-order valence-corrected chi connectivity index (χ1v) is 15.6. The molecule has 2 aliphatic heterocycles. The Balaban J connectivity index is 1.50. The van der Waals surface area contributed by atoms with E-state index in [2.05, 4.69) is 28.6 Å². The molecule has 2 fully saturated rings. The number of hydrogen-bond acceptors (Lipinski definition) is 6. The van der Waals surface area contributed by atoms with Crippen LogP contribution in [0.3, 0.4) is 0 Å². The van der Waals surface area contributed by atoms with Crippen molar-refractivity contribution >= 4 is 29.2 Å². The van der Waals surface area contributed by atoms with Gasteiger partial charge in [0.25, 0.3) is 0 Å². The highest BCUT2D eigenvalue weighted by Gasteiger charge is 2.44. The second kappa shape index (κ2) is 13.9. The van der Waals surface area contributed by atoms with Gasteiger partial charge in [0.15, 0.2) is 0 Å². The second-order valence-corrected chi connectivity index (χ2v) is 13.9. The summed E-state index contributed by atoms with van der Waals surface area (Å²) in [5.74, 6) is 0.104. The molecule has 1 aromatic heterocycles. The molecule has 236 valence electrons. The lowest BCUT2D eigenvalue weighted by molar-refractivity contribution is -0.139. The number of benzene rings is 1. The lowest BCUT2D eigenvalue weighted by Crippen LogP contribution is -2.51. The van der Waals surface area contributed by atoms with E-state index in [1.54, 1.807) is 0 Å². The Morgan fingerprint density at radius 2 is 1.72 bits per heavy atom. The molecule has 0 aliphatic carbocycles. The molecule has 0 bridgehead atoms. The van der Waals surface area contributed by atoms with E-state index < -0.39 is 11.2 Å². The van der Waals surface area contributed by atoms with Crippen molar-refractivity contribution in [3.05, 3.63) is 58.5 Å². The molecule has 0 N–H and O–H groups in total. The highest BCUT2D eigenvalue weighted by Crippen LogP contribution is 2.38. The zero-order valence-electron chi connectivity index (χ0n) is 26.6. The molecule has 10 heteroatoms. The van der Waals surface area contributed by atoms with Crippen LogP contribution >= 0.6 is 11.6 Å². The minimum Gasteiger partial charge on any atom is -0.372 e. The highest BCUT2D eigenvalue weighted by atomic mass is 35.5. The van der Waals surface area contributed by atoms with Gasteiger partial charge in [0, 0.05) is 67.7 Å². The first-order valence-electron chi connectivity index (χ1n) is 15.3. The quantitative estimate of drug-likeness (QED) is 0.392. The van der Waals surface area contributed by atoms with Crippen LogP contribution in [0, 0.1) is 23.1 Å². The monoisotopic (exact) mass is 615 g/mol. The van der Waals surface area contributed by atoms with E-state index in [0.717, 1.165) is 17.7 Å². The fraction of sp³-hybridized carbons (Fsp3) is 0.606. The maximum absolute atomic E-state index is 14.5. The van der Waals surface area contributed by atoms with Gasteiger partial charge in [0.1, 0.15) is 11.6 Å². The second-order valence-electron chi connectivity index (χ2n) is 13.4. The predicted molar refractivity (Wildman–Crippen MR) is 169 cm³/mol. The van der Waals surface area contributed by atoms with E-state index in [-0.39, 0.29) is 35.7 Å². The Kier molecular flexibility index (Phi) is 10.7. The van der Waals surface area contributed by atoms with Gasteiger partial charge in [-0.3, -0.25) is 9.59 Å². The number of ether oxygens (including phenoxy) is 1. The first kappa shape index (κ1) is 33.1. The number of nitrogens with zero attached hydrogens (tertiary/aromatic N) is 5. The summed E-state index contributed by atoms with van der Waals surface area (Å²) in [5, 5.41) is 0.639. The zero-order chi connectivity index (χ0) is 31.5. The Morgan fingerprint density at radius 1 is 1.07 bits per heavy atom. The molecule has 3 heterocycles. The molecule has 1 aromatic carbocycles. The molecule has 0 saturated carbocycles. The van der Waals surface area contributed by atoms with Gasteiger partial charge in [-0.25, -0.2) is 9.37 Å². The average Bonchev–Trinajstić information content (AvgIpc) is 3.39. The number of piperazine rings is 1. The van der Waals surface area contributed by atoms with Crippen molar-refractivity contribution < 1.29 is 18.7 Å². The molecule has 2 aliphatic rings. The minimum absolute atomic E-state index is 0.0500. The average molecular weight is 616 g/mol. The summed E-state index contributed by atoms with van der Waals surface area (Å²) in [5.41, 5.74) is 1.22. The first-order chi connectivity index (χ1) is 20.3. The summed E-state index contributed by atoms with van der Waals surface area (Å²) in [6.45, 7) is 14.2. The van der Waals surface area contributed by atoms with Crippen LogP contribution in [0.4, 0.5) is 10.2 Å². The number of pyridine rings is 1. The number of aromatic nitrogens is 1. The molecule has 4 rings (SSSR count). The fourth-order valence-corrected chi connectivity index (χ4v) is 6.17. The van der Waals surface area contributed by atoms with E-state index in [0.29, 0.717) is 56.7 Å². The van der Waals surface area contributed by atoms with Gasteiger partial charge in [-0.2, -0.15) is 0 Å². The standard InChI is InChI=1S/C33H47ClFN5O3/c1-22(2)29(43-17-16-37(6)7)26-18-25(35)19-36-30(26)38-12-14-39(15-13-38)31(41)28-21-40(32(42)33(3,4)5)20-27(28)23-8-10-24(34)11-9-23/h8-11,18-19,22,27-29H,12-17,20-21H2,1-7H3. The van der Waals surface area contributed by atoms with Crippen molar-refractivity contribution in [3.8, 4) is 0 Å². The number of carbonyl (C=O) groups excluding carboxylic acids is 2. The summed E-state index contributed by atoms with van der Waals surface area (Å²) in [7, 11) is 3.99. The van der Waals surface area contributed by atoms with E-state index in [9.17, 15) is 14.0 Å². The van der Waals surface area contributed by atoms with Gasteiger partial charge in [-0.1, -0.05) is 58.4 Å². The minimum atomic E-state index is -0.530. The van der Waals surface area contributed by atoms with Crippen molar-refractivity contribution in [2.24, 2.45) is 17.3 Å². The summed E-state index contributed by atoms with van der Waals surface area (Å²) in [6, 6.07) is 9.14. The van der Waals surface area contributed by atoms with Crippen LogP contribution in [0.15, 0.2) is 36.5 Å². The number of rotatable bonds is 9. The predicted octanol–water partition coefficient (Wildman–Crippen LogP) is 5.09. The van der Waals surface area contributed by atoms with Crippen molar-refractivity contribution in [2.75, 3.05) is 71.4 Å². The van der Waals surface area contributed by atoms with Gasteiger partial charge >= 0.3 is 0 Å². The largest absolute Gasteiger partial charge is 0.372 e. The molecule has 3 atom stereocenters. The van der Waals surface area contributed by atoms with Crippen molar-refractivity contribution in [1.29, 1.82) is 0 Å². The zero-order valence-corrected chi connectivity index (χ0v) is 27.4. The maximum atomic E-state index is 14.5. The van der Waals surface area contributed by atoms with Gasteiger partial charge in [0.2, 0.25) is 11.8 Å². The molecule has 0 radical (unpaired) electrons. The Labute approximate surface area is 261 Å². The SMILES string of the molecule is CC(C)C(OCCN(C)C)c1cc(F)cnc1N1CCN(C(=O)C2CN(C(=O)C(C)(C)C)CC2c2ccc(Cl)cc2)CC1. The molecule has 8 nitrogen and oxygen atoms in total. The summed E-state index contributed by atoms with van der Waals surface area (Å²) >= 11 is 6.16. The fourth-order valence-electron chi connectivity index (χ4n) is 6.04. The van der Waals surface area contributed by atoms with E-state index in [1.165, 1.54) is 12.3 Å². The third-order valence-corrected chi connectivity index (χ3v) is 8.62. The normalized spacial score (nSPS) is 20.3. The van der Waals surface area contributed by atoms with Crippen LogP contribution in [0.5, 0.6) is 0 Å². The number of hydrogen-bond donors (Lipinski definition) is 0. The topological polar surface area (TPSA) is 69.2 Å². The Bertz CT molecular complexity index is 1260. The van der Waals surface area contributed by atoms with Crippen LogP contribution in [0.1, 0.15) is 57.8 Å². The third kappa shape index (κ3) is 8.05. The lowest BCUT2D eigenvalue weighted by atomic mass is 9.88. The van der Waals surface area contributed by atoms with Crippen molar-refractivity contribution in [1.82, 2.24) is 19.7 Å². The number of halogens is 2. The van der Waals surface area contributed by atoms with Crippen LogP contribution in [0.25, 0.3) is 0 Å². The Hall–Kier alpha value is -2.75. The number of carbonyl (C=O) groups is 2. The molecule has 2 saturated heterocycles.